The van der Waals surface area contributed by atoms with Crippen LogP contribution in [0.25, 0.3) is 0 Å². The molecular weight excluding hydrogens is 244 g/mol. The average molecular weight is 270 g/mol. The lowest BCUT2D eigenvalue weighted by atomic mass is 9.94. The van der Waals surface area contributed by atoms with Gasteiger partial charge in [0.2, 0.25) is 5.91 Å². The van der Waals surface area contributed by atoms with E-state index in [4.69, 9.17) is 4.74 Å². The topological polar surface area (TPSA) is 61.8 Å². The molecule has 2 fully saturated rings. The van der Waals surface area contributed by atoms with Gasteiger partial charge in [-0.05, 0) is 45.7 Å². The van der Waals surface area contributed by atoms with Crippen molar-refractivity contribution >= 4 is 5.91 Å². The summed E-state index contributed by atoms with van der Waals surface area (Å²) < 4.78 is 5.75. The largest absolute Gasteiger partial charge is 0.390 e. The average Bonchev–Trinajstić information content (AvgIpc) is 2.39. The number of aliphatic hydroxyl groups is 1. The van der Waals surface area contributed by atoms with Crippen LogP contribution in [0.3, 0.4) is 0 Å². The van der Waals surface area contributed by atoms with E-state index in [1.165, 1.54) is 0 Å². The summed E-state index contributed by atoms with van der Waals surface area (Å²) in [4.78, 5) is 13.9. The first-order chi connectivity index (χ1) is 9.07. The van der Waals surface area contributed by atoms with Gasteiger partial charge in [-0.15, -0.1) is 0 Å². The standard InChI is InChI=1S/C14H26N2O3/c1-14(18)5-9-16(10-6-14)13(17)4-11-19-12-2-7-15-8-3-12/h12,15,18H,2-11H2,1H3. The predicted octanol–water partition coefficient (Wildman–Crippen LogP) is 0.518. The number of hydrogen-bond donors (Lipinski definition) is 2. The van der Waals surface area contributed by atoms with E-state index in [1.807, 2.05) is 11.8 Å². The Morgan fingerprint density at radius 3 is 2.63 bits per heavy atom. The minimum absolute atomic E-state index is 0.157. The number of carbonyl (C=O) groups is 1. The molecule has 2 saturated heterocycles. The van der Waals surface area contributed by atoms with Crippen LogP contribution >= 0.6 is 0 Å². The monoisotopic (exact) mass is 270 g/mol. The molecule has 0 spiro atoms. The number of piperidine rings is 2. The highest BCUT2D eigenvalue weighted by Crippen LogP contribution is 2.21. The summed E-state index contributed by atoms with van der Waals surface area (Å²) in [7, 11) is 0. The van der Waals surface area contributed by atoms with Gasteiger partial charge in [-0.25, -0.2) is 0 Å². The third kappa shape index (κ3) is 4.75. The van der Waals surface area contributed by atoms with Gasteiger partial charge in [0.15, 0.2) is 0 Å². The highest BCUT2D eigenvalue weighted by atomic mass is 16.5. The van der Waals surface area contributed by atoms with Gasteiger partial charge in [0.05, 0.1) is 24.7 Å². The SMILES string of the molecule is CC1(O)CCN(C(=O)CCOC2CCNCC2)CC1. The van der Waals surface area contributed by atoms with Crippen molar-refractivity contribution in [3.05, 3.63) is 0 Å². The van der Waals surface area contributed by atoms with Gasteiger partial charge in [0.25, 0.3) is 0 Å². The molecule has 0 saturated carbocycles. The lowest BCUT2D eigenvalue weighted by Crippen LogP contribution is -2.45. The molecule has 5 heteroatoms. The van der Waals surface area contributed by atoms with Crippen molar-refractivity contribution in [3.63, 3.8) is 0 Å². The molecule has 2 rings (SSSR count). The van der Waals surface area contributed by atoms with Gasteiger partial charge in [-0.3, -0.25) is 4.79 Å². The van der Waals surface area contributed by atoms with Gasteiger partial charge in [0.1, 0.15) is 0 Å². The number of likely N-dealkylation sites (tertiary alicyclic amines) is 1. The maximum atomic E-state index is 12.0. The normalized spacial score (nSPS) is 24.4. The molecule has 5 nitrogen and oxygen atoms in total. The number of nitrogens with zero attached hydrogens (tertiary/aromatic N) is 1. The van der Waals surface area contributed by atoms with E-state index in [9.17, 15) is 9.90 Å². The molecule has 0 aromatic rings. The fraction of sp³-hybridized carbons (Fsp3) is 0.929. The molecule has 110 valence electrons. The number of rotatable bonds is 4. The van der Waals surface area contributed by atoms with Crippen LogP contribution in [0, 0.1) is 0 Å². The maximum Gasteiger partial charge on any atom is 0.224 e. The van der Waals surface area contributed by atoms with Crippen molar-refractivity contribution in [1.82, 2.24) is 10.2 Å². The van der Waals surface area contributed by atoms with Crippen molar-refractivity contribution in [2.75, 3.05) is 32.8 Å². The minimum Gasteiger partial charge on any atom is -0.390 e. The van der Waals surface area contributed by atoms with Crippen LogP contribution in [-0.4, -0.2) is 60.4 Å². The quantitative estimate of drug-likeness (QED) is 0.782. The van der Waals surface area contributed by atoms with Crippen LogP contribution in [0.5, 0.6) is 0 Å². The zero-order chi connectivity index (χ0) is 13.7. The Labute approximate surface area is 115 Å². The van der Waals surface area contributed by atoms with E-state index < -0.39 is 5.60 Å². The van der Waals surface area contributed by atoms with Crippen molar-refractivity contribution in [2.45, 2.75) is 50.7 Å². The molecule has 0 aliphatic carbocycles. The summed E-state index contributed by atoms with van der Waals surface area (Å²) in [6, 6.07) is 0. The van der Waals surface area contributed by atoms with Crippen LogP contribution in [0.15, 0.2) is 0 Å². The Morgan fingerprint density at radius 1 is 1.37 bits per heavy atom. The predicted molar refractivity (Wildman–Crippen MR) is 72.9 cm³/mol. The zero-order valence-electron chi connectivity index (χ0n) is 11.9. The van der Waals surface area contributed by atoms with E-state index in [-0.39, 0.29) is 5.91 Å². The smallest absolute Gasteiger partial charge is 0.224 e. The number of ether oxygens (including phenoxy) is 1. The Balaban J connectivity index is 1.62. The second-order valence-corrected chi connectivity index (χ2v) is 5.95. The van der Waals surface area contributed by atoms with E-state index >= 15 is 0 Å². The van der Waals surface area contributed by atoms with Crippen LogP contribution in [-0.2, 0) is 9.53 Å². The summed E-state index contributed by atoms with van der Waals surface area (Å²) in [6.45, 7) is 5.73. The molecule has 19 heavy (non-hydrogen) atoms. The summed E-state index contributed by atoms with van der Waals surface area (Å²) in [5.41, 5.74) is -0.595. The second-order valence-electron chi connectivity index (χ2n) is 5.95. The van der Waals surface area contributed by atoms with Gasteiger partial charge in [-0.2, -0.15) is 0 Å². The van der Waals surface area contributed by atoms with Gasteiger partial charge in [0, 0.05) is 13.1 Å². The van der Waals surface area contributed by atoms with Crippen LogP contribution in [0.2, 0.25) is 0 Å². The second kappa shape index (κ2) is 6.68. The summed E-state index contributed by atoms with van der Waals surface area (Å²) >= 11 is 0. The fourth-order valence-corrected chi connectivity index (χ4v) is 2.67. The third-order valence-electron chi connectivity index (χ3n) is 4.15. The molecular formula is C14H26N2O3. The molecule has 0 bridgehead atoms. The maximum absolute atomic E-state index is 12.0. The van der Waals surface area contributed by atoms with Crippen molar-refractivity contribution in [2.24, 2.45) is 0 Å². The molecule has 2 heterocycles. The van der Waals surface area contributed by atoms with E-state index in [1.54, 1.807) is 0 Å². The first kappa shape index (κ1) is 14.8. The first-order valence-corrected chi connectivity index (χ1v) is 7.39. The van der Waals surface area contributed by atoms with Crippen molar-refractivity contribution < 1.29 is 14.6 Å². The van der Waals surface area contributed by atoms with Crippen molar-refractivity contribution in [3.8, 4) is 0 Å². The Bertz CT molecular complexity index is 291. The van der Waals surface area contributed by atoms with Gasteiger partial charge >= 0.3 is 0 Å². The van der Waals surface area contributed by atoms with E-state index in [0.29, 0.717) is 45.1 Å². The van der Waals surface area contributed by atoms with Gasteiger partial charge < -0.3 is 20.1 Å². The molecule has 2 aliphatic rings. The molecule has 0 unspecified atom stereocenters. The van der Waals surface area contributed by atoms with Crippen molar-refractivity contribution in [1.29, 1.82) is 0 Å². The first-order valence-electron chi connectivity index (χ1n) is 7.39. The van der Waals surface area contributed by atoms with E-state index in [2.05, 4.69) is 5.32 Å². The Kier molecular flexibility index (Phi) is 5.19. The van der Waals surface area contributed by atoms with E-state index in [0.717, 1.165) is 25.9 Å². The summed E-state index contributed by atoms with van der Waals surface area (Å²) in [6.07, 6.45) is 4.21. The number of carbonyl (C=O) groups excluding carboxylic acids is 1. The number of hydrogen-bond acceptors (Lipinski definition) is 4. The molecule has 1 amide bonds. The molecule has 0 atom stereocenters. The molecule has 0 aromatic carbocycles. The number of amides is 1. The third-order valence-corrected chi connectivity index (χ3v) is 4.15. The van der Waals surface area contributed by atoms with Crippen LogP contribution in [0.1, 0.15) is 39.0 Å². The Morgan fingerprint density at radius 2 is 2.00 bits per heavy atom. The summed E-state index contributed by atoms with van der Waals surface area (Å²) in [5.74, 6) is 0.157. The minimum atomic E-state index is -0.595. The fourth-order valence-electron chi connectivity index (χ4n) is 2.67. The highest BCUT2D eigenvalue weighted by Gasteiger charge is 2.29. The van der Waals surface area contributed by atoms with Crippen LogP contribution in [0.4, 0.5) is 0 Å². The molecule has 0 radical (unpaired) electrons. The lowest BCUT2D eigenvalue weighted by Gasteiger charge is -2.36. The lowest BCUT2D eigenvalue weighted by molar-refractivity contribution is -0.136. The molecule has 0 aromatic heterocycles. The Hall–Kier alpha value is -0.650. The van der Waals surface area contributed by atoms with Crippen LogP contribution < -0.4 is 5.32 Å². The molecule has 2 aliphatic heterocycles. The summed E-state index contributed by atoms with van der Waals surface area (Å²) in [5, 5.41) is 13.1. The zero-order valence-corrected chi connectivity index (χ0v) is 11.9. The number of nitrogens with one attached hydrogen (secondary N) is 1. The highest BCUT2D eigenvalue weighted by molar-refractivity contribution is 5.76. The van der Waals surface area contributed by atoms with Gasteiger partial charge in [-0.1, -0.05) is 0 Å². The molecule has 2 N–H and O–H groups in total.